The Morgan fingerprint density at radius 2 is 2.12 bits per heavy atom. The zero-order valence-electron chi connectivity index (χ0n) is 8.57. The second kappa shape index (κ2) is 4.51. The van der Waals surface area contributed by atoms with Crippen LogP contribution in [0.3, 0.4) is 0 Å². The molecule has 0 fully saturated rings. The largest absolute Gasteiger partial charge is 0.241 e. The van der Waals surface area contributed by atoms with Gasteiger partial charge >= 0.3 is 0 Å². The molecule has 2 heterocycles. The lowest BCUT2D eigenvalue weighted by molar-refractivity contribution is 1.03. The number of benzene rings is 1. The maximum absolute atomic E-state index is 4.76. The van der Waals surface area contributed by atoms with E-state index in [-0.39, 0.29) is 0 Å². The molecule has 1 aromatic heterocycles. The Morgan fingerprint density at radius 3 is 2.94 bits per heavy atom. The van der Waals surface area contributed by atoms with E-state index in [0.717, 1.165) is 21.7 Å². The highest BCUT2D eigenvalue weighted by Gasteiger charge is 2.16. The number of aryl methyl sites for hydroxylation is 1. The van der Waals surface area contributed by atoms with Gasteiger partial charge in [0.15, 0.2) is 0 Å². The van der Waals surface area contributed by atoms with Crippen LogP contribution in [0.5, 0.6) is 0 Å². The predicted molar refractivity (Wildman–Crippen MR) is 75.1 cm³/mol. The molecule has 0 N–H and O–H groups in total. The molecule has 1 aromatic carbocycles. The summed E-state index contributed by atoms with van der Waals surface area (Å²) in [6, 6.07) is 8.30. The first kappa shape index (κ1) is 10.8. The molecule has 0 atom stereocenters. The third-order valence-electron chi connectivity index (χ3n) is 2.60. The Labute approximate surface area is 111 Å². The fourth-order valence-corrected chi connectivity index (χ4v) is 4.64. The van der Waals surface area contributed by atoms with Gasteiger partial charge < -0.3 is 0 Å². The summed E-state index contributed by atoms with van der Waals surface area (Å²) in [7, 11) is 0. The summed E-state index contributed by atoms with van der Waals surface area (Å²) in [5.74, 6) is 2.35. The fraction of sp³-hybridized carbons (Fsp3) is 0.250. The second-order valence-electron chi connectivity index (χ2n) is 3.67. The number of aromatic nitrogens is 1. The maximum Gasteiger partial charge on any atom is 0.125 e. The molecule has 0 bridgehead atoms. The van der Waals surface area contributed by atoms with Crippen LogP contribution in [0, 0.1) is 0 Å². The van der Waals surface area contributed by atoms with Gasteiger partial charge in [0.2, 0.25) is 0 Å². The van der Waals surface area contributed by atoms with Gasteiger partial charge in [0.1, 0.15) is 5.01 Å². The molecule has 16 heavy (non-hydrogen) atoms. The maximum atomic E-state index is 4.76. The molecule has 82 valence electrons. The van der Waals surface area contributed by atoms with E-state index in [4.69, 9.17) is 4.98 Å². The zero-order chi connectivity index (χ0) is 11.0. The summed E-state index contributed by atoms with van der Waals surface area (Å²) in [5.41, 5.74) is 2.53. The molecule has 1 aliphatic heterocycles. The summed E-state index contributed by atoms with van der Waals surface area (Å²) in [6.45, 7) is 0. The fourth-order valence-electron chi connectivity index (χ4n) is 1.78. The van der Waals surface area contributed by atoms with Crippen molar-refractivity contribution in [2.75, 3.05) is 5.75 Å². The molecule has 0 saturated carbocycles. The average Bonchev–Trinajstić information content (AvgIpc) is 2.73. The lowest BCUT2D eigenvalue weighted by Gasteiger charge is -2.06. The number of rotatable bonds is 1. The molecular weight excluding hydrogens is 302 g/mol. The van der Waals surface area contributed by atoms with E-state index in [0.29, 0.717) is 0 Å². The van der Waals surface area contributed by atoms with Crippen molar-refractivity contribution in [2.45, 2.75) is 12.2 Å². The number of fused-ring (bicyclic) bond motifs is 1. The van der Waals surface area contributed by atoms with Gasteiger partial charge in [0, 0.05) is 20.7 Å². The molecule has 4 heteroatoms. The van der Waals surface area contributed by atoms with Gasteiger partial charge in [0.25, 0.3) is 0 Å². The summed E-state index contributed by atoms with van der Waals surface area (Å²) < 4.78 is 1.13. The summed E-state index contributed by atoms with van der Waals surface area (Å²) in [5, 5.41) is 1.15. The summed E-state index contributed by atoms with van der Waals surface area (Å²) in [6.07, 6.45) is 1.13. The molecule has 0 unspecified atom stereocenters. The molecule has 0 amide bonds. The standard InChI is InChI=1S/C12H10BrNS2/c13-9-4-2-1-3-8(9)12-14-10-5-6-15-7-11(10)16-12/h1-4H,5-7H2. The number of thioether (sulfide) groups is 1. The molecule has 2 aromatic rings. The minimum Gasteiger partial charge on any atom is -0.241 e. The van der Waals surface area contributed by atoms with Gasteiger partial charge in [-0.2, -0.15) is 11.8 Å². The van der Waals surface area contributed by atoms with Crippen molar-refractivity contribution in [3.05, 3.63) is 39.3 Å². The van der Waals surface area contributed by atoms with Crippen LogP contribution in [0.1, 0.15) is 10.6 Å². The van der Waals surface area contributed by atoms with E-state index in [1.807, 2.05) is 29.2 Å². The molecule has 1 nitrogen and oxygen atoms in total. The Morgan fingerprint density at radius 1 is 1.25 bits per heavy atom. The molecule has 0 spiro atoms. The van der Waals surface area contributed by atoms with Gasteiger partial charge in [0.05, 0.1) is 5.69 Å². The first-order valence-electron chi connectivity index (χ1n) is 5.16. The van der Waals surface area contributed by atoms with Crippen LogP contribution in [-0.2, 0) is 12.2 Å². The minimum absolute atomic E-state index is 1.13. The van der Waals surface area contributed by atoms with Crippen molar-refractivity contribution >= 4 is 39.0 Å². The number of hydrogen-bond donors (Lipinski definition) is 0. The summed E-state index contributed by atoms with van der Waals surface area (Å²) >= 11 is 7.44. The first-order valence-corrected chi connectivity index (χ1v) is 7.92. The number of hydrogen-bond acceptors (Lipinski definition) is 3. The third kappa shape index (κ3) is 1.94. The number of halogens is 1. The van der Waals surface area contributed by atoms with Crippen LogP contribution in [0.15, 0.2) is 28.7 Å². The summed E-state index contributed by atoms with van der Waals surface area (Å²) in [4.78, 5) is 6.22. The first-order chi connectivity index (χ1) is 7.84. The van der Waals surface area contributed by atoms with E-state index in [1.165, 1.54) is 21.9 Å². The minimum atomic E-state index is 1.13. The van der Waals surface area contributed by atoms with E-state index in [1.54, 1.807) is 0 Å². The highest BCUT2D eigenvalue weighted by Crippen LogP contribution is 2.36. The Kier molecular flexibility index (Phi) is 3.05. The quantitative estimate of drug-likeness (QED) is 0.776. The van der Waals surface area contributed by atoms with Crippen molar-refractivity contribution < 1.29 is 0 Å². The Hall–Kier alpha value is -0.320. The topological polar surface area (TPSA) is 12.9 Å². The van der Waals surface area contributed by atoms with Gasteiger partial charge in [-0.15, -0.1) is 11.3 Å². The molecule has 0 aliphatic carbocycles. The molecular formula is C12H10BrNS2. The molecule has 0 radical (unpaired) electrons. The van der Waals surface area contributed by atoms with E-state index < -0.39 is 0 Å². The predicted octanol–water partition coefficient (Wildman–Crippen LogP) is 4.36. The van der Waals surface area contributed by atoms with E-state index in [2.05, 4.69) is 34.1 Å². The van der Waals surface area contributed by atoms with Crippen molar-refractivity contribution in [3.8, 4) is 10.6 Å². The van der Waals surface area contributed by atoms with Gasteiger partial charge in [-0.05, 0) is 18.2 Å². The van der Waals surface area contributed by atoms with Crippen LogP contribution in [0.2, 0.25) is 0 Å². The highest BCUT2D eigenvalue weighted by atomic mass is 79.9. The second-order valence-corrected chi connectivity index (χ2v) is 6.71. The average molecular weight is 312 g/mol. The van der Waals surface area contributed by atoms with Crippen molar-refractivity contribution in [1.82, 2.24) is 4.98 Å². The van der Waals surface area contributed by atoms with E-state index in [9.17, 15) is 0 Å². The number of thiazole rings is 1. The smallest absolute Gasteiger partial charge is 0.125 e. The normalized spacial score (nSPS) is 14.8. The van der Waals surface area contributed by atoms with E-state index >= 15 is 0 Å². The zero-order valence-corrected chi connectivity index (χ0v) is 11.8. The van der Waals surface area contributed by atoms with Crippen LogP contribution in [0.25, 0.3) is 10.6 Å². The molecule has 1 aliphatic rings. The van der Waals surface area contributed by atoms with Gasteiger partial charge in [-0.1, -0.05) is 34.1 Å². The van der Waals surface area contributed by atoms with Crippen LogP contribution in [0.4, 0.5) is 0 Å². The van der Waals surface area contributed by atoms with Crippen molar-refractivity contribution in [3.63, 3.8) is 0 Å². The molecule has 3 rings (SSSR count). The monoisotopic (exact) mass is 311 g/mol. The SMILES string of the molecule is Brc1ccccc1-c1nc2c(s1)CSCC2. The van der Waals surface area contributed by atoms with Crippen LogP contribution < -0.4 is 0 Å². The Balaban J connectivity index is 2.07. The third-order valence-corrected chi connectivity index (χ3v) is 5.59. The van der Waals surface area contributed by atoms with Crippen molar-refractivity contribution in [2.24, 2.45) is 0 Å². The number of nitrogens with zero attached hydrogens (tertiary/aromatic N) is 1. The lowest BCUT2D eigenvalue weighted by atomic mass is 10.2. The highest BCUT2D eigenvalue weighted by molar-refractivity contribution is 9.10. The van der Waals surface area contributed by atoms with Crippen molar-refractivity contribution in [1.29, 1.82) is 0 Å². The molecule has 0 saturated heterocycles. The van der Waals surface area contributed by atoms with Crippen LogP contribution in [-0.4, -0.2) is 10.7 Å². The lowest BCUT2D eigenvalue weighted by Crippen LogP contribution is -1.99. The van der Waals surface area contributed by atoms with Gasteiger partial charge in [-0.25, -0.2) is 4.98 Å². The van der Waals surface area contributed by atoms with Gasteiger partial charge in [-0.3, -0.25) is 0 Å². The Bertz CT molecular complexity index is 498. The van der Waals surface area contributed by atoms with Crippen LogP contribution >= 0.6 is 39.0 Å².